The third kappa shape index (κ3) is 6.36. The van der Waals surface area contributed by atoms with Crippen molar-refractivity contribution < 1.29 is 9.59 Å². The van der Waals surface area contributed by atoms with Gasteiger partial charge in [-0.2, -0.15) is 5.10 Å². The first-order chi connectivity index (χ1) is 20.1. The third-order valence-corrected chi connectivity index (χ3v) is 6.69. The standard InChI is InChI=1S/C29H35N11O2/c1-6-30-12-19-13-31-14-21(17(19)2)18-7-8-22-20(11-18)25(38-36-22)26-33-15-23(34-26)27(41)32-9-10-40-16-24(37-39-40)28(42)35-29(3,4)5/h7-8,11,13-16,30H,6,9-10,12H2,1-5H3,(H,32,41)(H,33,34)(H,35,42)(H,36,38). The molecule has 5 aromatic rings. The van der Waals surface area contributed by atoms with Gasteiger partial charge in [0.15, 0.2) is 11.5 Å². The Labute approximate surface area is 242 Å². The molecule has 0 atom stereocenters. The van der Waals surface area contributed by atoms with Crippen molar-refractivity contribution in [1.29, 1.82) is 0 Å². The van der Waals surface area contributed by atoms with Gasteiger partial charge in [-0.15, -0.1) is 5.10 Å². The van der Waals surface area contributed by atoms with E-state index in [2.05, 4.69) is 71.3 Å². The molecule has 0 radical (unpaired) electrons. The van der Waals surface area contributed by atoms with E-state index in [0.717, 1.165) is 40.7 Å². The molecule has 0 aliphatic heterocycles. The molecule has 0 bridgehead atoms. The molecule has 2 amide bonds. The molecule has 218 valence electrons. The molecule has 4 aromatic heterocycles. The maximum Gasteiger partial charge on any atom is 0.273 e. The number of hydrogen-bond donors (Lipinski definition) is 5. The van der Waals surface area contributed by atoms with Gasteiger partial charge in [-0.3, -0.25) is 19.7 Å². The van der Waals surface area contributed by atoms with E-state index < -0.39 is 0 Å². The molecule has 0 aliphatic carbocycles. The van der Waals surface area contributed by atoms with Gasteiger partial charge in [0.05, 0.1) is 24.5 Å². The predicted octanol–water partition coefficient (Wildman–Crippen LogP) is 2.98. The number of amides is 2. The lowest BCUT2D eigenvalue weighted by atomic mass is 9.98. The zero-order valence-corrected chi connectivity index (χ0v) is 24.4. The van der Waals surface area contributed by atoms with E-state index in [-0.39, 0.29) is 29.6 Å². The van der Waals surface area contributed by atoms with Gasteiger partial charge in [0.2, 0.25) is 0 Å². The smallest absolute Gasteiger partial charge is 0.273 e. The van der Waals surface area contributed by atoms with E-state index in [9.17, 15) is 9.59 Å². The van der Waals surface area contributed by atoms with Crippen molar-refractivity contribution in [3.8, 4) is 22.6 Å². The average molecular weight is 570 g/mol. The van der Waals surface area contributed by atoms with Crippen LogP contribution in [-0.4, -0.2) is 70.6 Å². The summed E-state index contributed by atoms with van der Waals surface area (Å²) in [6.45, 7) is 12.1. The van der Waals surface area contributed by atoms with Gasteiger partial charge in [-0.1, -0.05) is 18.2 Å². The molecule has 42 heavy (non-hydrogen) atoms. The van der Waals surface area contributed by atoms with Crippen LogP contribution in [0.25, 0.3) is 33.5 Å². The van der Waals surface area contributed by atoms with E-state index in [1.165, 1.54) is 16.4 Å². The Kier molecular flexibility index (Phi) is 8.11. The van der Waals surface area contributed by atoms with Gasteiger partial charge in [0, 0.05) is 42.0 Å². The maximum atomic E-state index is 12.8. The first kappa shape index (κ1) is 28.6. The van der Waals surface area contributed by atoms with Crippen LogP contribution >= 0.6 is 0 Å². The summed E-state index contributed by atoms with van der Waals surface area (Å²) in [5, 5.41) is 25.3. The number of imidazole rings is 1. The second-order valence-corrected chi connectivity index (χ2v) is 11.1. The van der Waals surface area contributed by atoms with Crippen LogP contribution in [0.1, 0.15) is 59.8 Å². The van der Waals surface area contributed by atoms with E-state index >= 15 is 0 Å². The number of rotatable bonds is 10. The Hall–Kier alpha value is -4.91. The van der Waals surface area contributed by atoms with Gasteiger partial charge in [0.1, 0.15) is 11.4 Å². The Bertz CT molecular complexity index is 1720. The summed E-state index contributed by atoms with van der Waals surface area (Å²) in [7, 11) is 0. The molecule has 4 heterocycles. The highest BCUT2D eigenvalue weighted by Crippen LogP contribution is 2.31. The van der Waals surface area contributed by atoms with Crippen molar-refractivity contribution >= 4 is 22.7 Å². The number of pyridine rings is 1. The lowest BCUT2D eigenvalue weighted by molar-refractivity contribution is 0.0912. The predicted molar refractivity (Wildman–Crippen MR) is 159 cm³/mol. The van der Waals surface area contributed by atoms with Crippen LogP contribution in [-0.2, 0) is 13.1 Å². The highest BCUT2D eigenvalue weighted by Gasteiger charge is 2.19. The molecule has 0 saturated heterocycles. The van der Waals surface area contributed by atoms with Crippen LogP contribution in [0.4, 0.5) is 0 Å². The van der Waals surface area contributed by atoms with Crippen LogP contribution < -0.4 is 16.0 Å². The van der Waals surface area contributed by atoms with Gasteiger partial charge in [-0.05, 0) is 63.1 Å². The molecule has 5 rings (SSSR count). The summed E-state index contributed by atoms with van der Waals surface area (Å²) >= 11 is 0. The average Bonchev–Trinajstić information content (AvgIpc) is 3.71. The minimum Gasteiger partial charge on any atom is -0.349 e. The zero-order valence-electron chi connectivity index (χ0n) is 24.4. The molecule has 0 spiro atoms. The number of carbonyl (C=O) groups is 2. The number of fused-ring (bicyclic) bond motifs is 1. The summed E-state index contributed by atoms with van der Waals surface area (Å²) in [6.07, 6.45) is 6.81. The van der Waals surface area contributed by atoms with E-state index in [1.54, 1.807) is 6.20 Å². The number of aromatic nitrogens is 8. The monoisotopic (exact) mass is 569 g/mol. The van der Waals surface area contributed by atoms with Gasteiger partial charge >= 0.3 is 0 Å². The van der Waals surface area contributed by atoms with Crippen LogP contribution in [0.5, 0.6) is 0 Å². The highest BCUT2D eigenvalue weighted by molar-refractivity contribution is 5.96. The quantitative estimate of drug-likeness (QED) is 0.171. The second-order valence-electron chi connectivity index (χ2n) is 11.1. The zero-order chi connectivity index (χ0) is 29.9. The SMILES string of the molecule is CCNCc1cncc(-c2ccc3[nH]nc(-c4ncc(C(=O)NCCn5cc(C(=O)NC(C)(C)C)nn5)[nH]4)c3c2)c1C. The largest absolute Gasteiger partial charge is 0.349 e. The van der Waals surface area contributed by atoms with E-state index in [0.29, 0.717) is 23.8 Å². The molecule has 13 nitrogen and oxygen atoms in total. The number of hydrogen-bond acceptors (Lipinski definition) is 8. The molecule has 0 saturated carbocycles. The van der Waals surface area contributed by atoms with Gasteiger partial charge < -0.3 is 20.9 Å². The van der Waals surface area contributed by atoms with Crippen LogP contribution in [0, 0.1) is 6.92 Å². The fourth-order valence-corrected chi connectivity index (χ4v) is 4.51. The summed E-state index contributed by atoms with van der Waals surface area (Å²) in [6, 6.07) is 6.09. The van der Waals surface area contributed by atoms with Crippen molar-refractivity contribution in [3.63, 3.8) is 0 Å². The summed E-state index contributed by atoms with van der Waals surface area (Å²) in [5.74, 6) is -0.144. The Morgan fingerprint density at radius 1 is 1.10 bits per heavy atom. The minimum atomic E-state index is -0.378. The van der Waals surface area contributed by atoms with Gasteiger partial charge in [0.25, 0.3) is 11.8 Å². The summed E-state index contributed by atoms with van der Waals surface area (Å²) < 4.78 is 1.51. The number of nitrogens with one attached hydrogen (secondary N) is 5. The van der Waals surface area contributed by atoms with Gasteiger partial charge in [-0.25, -0.2) is 9.67 Å². The van der Waals surface area contributed by atoms with Crippen LogP contribution in [0.3, 0.4) is 0 Å². The maximum absolute atomic E-state index is 12.8. The summed E-state index contributed by atoms with van der Waals surface area (Å²) in [5.41, 5.74) is 6.00. The van der Waals surface area contributed by atoms with Crippen molar-refractivity contribution in [3.05, 3.63) is 65.5 Å². The lowest BCUT2D eigenvalue weighted by Gasteiger charge is -2.19. The summed E-state index contributed by atoms with van der Waals surface area (Å²) in [4.78, 5) is 37.0. The molecule has 5 N–H and O–H groups in total. The molecule has 1 aromatic carbocycles. The fourth-order valence-electron chi connectivity index (χ4n) is 4.51. The first-order valence-electron chi connectivity index (χ1n) is 13.8. The van der Waals surface area contributed by atoms with E-state index in [4.69, 9.17) is 0 Å². The van der Waals surface area contributed by atoms with Crippen molar-refractivity contribution in [1.82, 2.24) is 56.1 Å². The molecular formula is C29H35N11O2. The normalized spacial score (nSPS) is 11.6. The molecule has 13 heteroatoms. The van der Waals surface area contributed by atoms with Crippen molar-refractivity contribution in [2.45, 2.75) is 53.2 Å². The number of benzene rings is 1. The number of aromatic amines is 2. The van der Waals surface area contributed by atoms with Crippen molar-refractivity contribution in [2.75, 3.05) is 13.1 Å². The lowest BCUT2D eigenvalue weighted by Crippen LogP contribution is -2.40. The van der Waals surface area contributed by atoms with Crippen LogP contribution in [0.2, 0.25) is 0 Å². The number of H-pyrrole nitrogens is 2. The first-order valence-corrected chi connectivity index (χ1v) is 13.8. The molecule has 0 unspecified atom stereocenters. The Balaban J connectivity index is 1.26. The van der Waals surface area contributed by atoms with Crippen molar-refractivity contribution in [2.24, 2.45) is 0 Å². The Morgan fingerprint density at radius 3 is 2.71 bits per heavy atom. The third-order valence-electron chi connectivity index (χ3n) is 6.69. The number of nitrogens with zero attached hydrogens (tertiary/aromatic N) is 6. The Morgan fingerprint density at radius 2 is 1.93 bits per heavy atom. The fraction of sp³-hybridized carbons (Fsp3) is 0.345. The number of carbonyl (C=O) groups excluding carboxylic acids is 2. The second kappa shape index (κ2) is 11.9. The molecule has 0 aliphatic rings. The topological polar surface area (TPSA) is 171 Å². The van der Waals surface area contributed by atoms with Crippen LogP contribution in [0.15, 0.2) is 43.0 Å². The van der Waals surface area contributed by atoms with E-state index in [1.807, 2.05) is 45.3 Å². The molecular weight excluding hydrogens is 534 g/mol. The molecule has 0 fully saturated rings. The highest BCUT2D eigenvalue weighted by atomic mass is 16.2. The minimum absolute atomic E-state index is 0.219.